The summed E-state index contributed by atoms with van der Waals surface area (Å²) in [5.74, 6) is 0.0774. The van der Waals surface area contributed by atoms with Gasteiger partial charge in [0.2, 0.25) is 0 Å². The predicted octanol–water partition coefficient (Wildman–Crippen LogP) is 4.38. The molecule has 0 bridgehead atoms. The summed E-state index contributed by atoms with van der Waals surface area (Å²) in [5, 5.41) is 3.15. The van der Waals surface area contributed by atoms with E-state index in [4.69, 9.17) is 0 Å². The highest BCUT2D eigenvalue weighted by atomic mass is 79.9. The minimum Gasteiger partial charge on any atom is -0.395 e. The van der Waals surface area contributed by atoms with Crippen molar-refractivity contribution >= 4 is 21.6 Å². The molecule has 1 heterocycles. The quantitative estimate of drug-likeness (QED) is 0.898. The van der Waals surface area contributed by atoms with Crippen LogP contribution in [0.5, 0.6) is 11.5 Å². The van der Waals surface area contributed by atoms with E-state index in [2.05, 4.69) is 30.7 Å². The van der Waals surface area contributed by atoms with Gasteiger partial charge >= 0.3 is 6.29 Å². The Kier molecular flexibility index (Phi) is 3.25. The van der Waals surface area contributed by atoms with Crippen molar-refractivity contribution in [1.82, 2.24) is 0 Å². The van der Waals surface area contributed by atoms with Crippen LogP contribution in [-0.2, 0) is 6.54 Å². The van der Waals surface area contributed by atoms with Gasteiger partial charge in [0.1, 0.15) is 0 Å². The summed E-state index contributed by atoms with van der Waals surface area (Å²) in [7, 11) is 0. The van der Waals surface area contributed by atoms with Gasteiger partial charge in [0.25, 0.3) is 0 Å². The highest BCUT2D eigenvalue weighted by molar-refractivity contribution is 9.10. The standard InChI is InChI=1S/C14H10BrF2NO2/c15-11-4-2-1-3-9(11)8-18-10-5-6-12-13(7-10)20-14(16,17)19-12/h1-7,18H,8H2. The molecule has 1 aliphatic heterocycles. The van der Waals surface area contributed by atoms with E-state index in [9.17, 15) is 8.78 Å². The number of hydrogen-bond acceptors (Lipinski definition) is 3. The summed E-state index contributed by atoms with van der Waals surface area (Å²) in [6.07, 6.45) is -3.58. The third kappa shape index (κ3) is 2.70. The molecule has 2 aromatic carbocycles. The van der Waals surface area contributed by atoms with Gasteiger partial charge in [-0.3, -0.25) is 0 Å². The summed E-state index contributed by atoms with van der Waals surface area (Å²) in [6.45, 7) is 0.567. The fraction of sp³-hybridized carbons (Fsp3) is 0.143. The first-order chi connectivity index (χ1) is 9.53. The van der Waals surface area contributed by atoms with E-state index in [-0.39, 0.29) is 11.5 Å². The zero-order valence-corrected chi connectivity index (χ0v) is 11.8. The van der Waals surface area contributed by atoms with E-state index in [0.717, 1.165) is 10.0 Å². The Labute approximate surface area is 122 Å². The number of ether oxygens (including phenoxy) is 2. The maximum atomic E-state index is 12.9. The Bertz CT molecular complexity index is 649. The normalized spacial score (nSPS) is 15.2. The molecule has 6 heteroatoms. The minimum atomic E-state index is -3.58. The molecular weight excluding hydrogens is 332 g/mol. The van der Waals surface area contributed by atoms with Crippen LogP contribution in [-0.4, -0.2) is 6.29 Å². The first-order valence-corrected chi connectivity index (χ1v) is 6.70. The molecular formula is C14H10BrF2NO2. The van der Waals surface area contributed by atoms with Gasteiger partial charge in [0, 0.05) is 22.8 Å². The Balaban J connectivity index is 1.73. The first-order valence-electron chi connectivity index (χ1n) is 5.91. The zero-order chi connectivity index (χ0) is 14.2. The smallest absolute Gasteiger partial charge is 0.395 e. The molecule has 0 spiro atoms. The Morgan fingerprint density at radius 1 is 1.05 bits per heavy atom. The van der Waals surface area contributed by atoms with Crippen molar-refractivity contribution in [1.29, 1.82) is 0 Å². The maximum absolute atomic E-state index is 12.9. The molecule has 1 N–H and O–H groups in total. The van der Waals surface area contributed by atoms with Crippen LogP contribution in [0.1, 0.15) is 5.56 Å². The number of nitrogens with one attached hydrogen (secondary N) is 1. The number of alkyl halides is 2. The number of fused-ring (bicyclic) bond motifs is 1. The monoisotopic (exact) mass is 341 g/mol. The van der Waals surface area contributed by atoms with Crippen LogP contribution >= 0.6 is 15.9 Å². The van der Waals surface area contributed by atoms with Crippen LogP contribution in [0.3, 0.4) is 0 Å². The van der Waals surface area contributed by atoms with Gasteiger partial charge in [-0.15, -0.1) is 8.78 Å². The number of halogens is 3. The van der Waals surface area contributed by atoms with Gasteiger partial charge < -0.3 is 14.8 Å². The van der Waals surface area contributed by atoms with Crippen LogP contribution < -0.4 is 14.8 Å². The molecule has 3 nitrogen and oxygen atoms in total. The molecule has 1 aliphatic rings. The molecule has 104 valence electrons. The van der Waals surface area contributed by atoms with Gasteiger partial charge in [0.15, 0.2) is 11.5 Å². The van der Waals surface area contributed by atoms with E-state index in [1.165, 1.54) is 12.1 Å². The second kappa shape index (κ2) is 4.94. The zero-order valence-electron chi connectivity index (χ0n) is 10.2. The minimum absolute atomic E-state index is 0.0344. The summed E-state index contributed by atoms with van der Waals surface area (Å²) in [6, 6.07) is 12.4. The third-order valence-electron chi connectivity index (χ3n) is 2.84. The van der Waals surface area contributed by atoms with E-state index < -0.39 is 6.29 Å². The number of anilines is 1. The van der Waals surface area contributed by atoms with E-state index >= 15 is 0 Å². The lowest BCUT2D eigenvalue weighted by Gasteiger charge is -2.08. The molecule has 0 amide bonds. The van der Waals surface area contributed by atoms with Gasteiger partial charge in [-0.1, -0.05) is 34.1 Å². The van der Waals surface area contributed by atoms with Crippen molar-refractivity contribution in [3.05, 3.63) is 52.5 Å². The molecule has 3 rings (SSSR count). The molecule has 0 saturated heterocycles. The van der Waals surface area contributed by atoms with Crippen LogP contribution in [0.15, 0.2) is 46.9 Å². The van der Waals surface area contributed by atoms with Gasteiger partial charge in [0.05, 0.1) is 0 Å². The topological polar surface area (TPSA) is 30.5 Å². The van der Waals surface area contributed by atoms with Crippen molar-refractivity contribution in [2.75, 3.05) is 5.32 Å². The van der Waals surface area contributed by atoms with Gasteiger partial charge in [-0.25, -0.2) is 0 Å². The average molecular weight is 342 g/mol. The Morgan fingerprint density at radius 2 is 1.80 bits per heavy atom. The van der Waals surface area contributed by atoms with E-state index in [1.807, 2.05) is 24.3 Å². The molecule has 0 unspecified atom stereocenters. The van der Waals surface area contributed by atoms with Crippen molar-refractivity contribution in [3.63, 3.8) is 0 Å². The van der Waals surface area contributed by atoms with Crippen molar-refractivity contribution < 1.29 is 18.3 Å². The van der Waals surface area contributed by atoms with Crippen LogP contribution in [0.25, 0.3) is 0 Å². The lowest BCUT2D eigenvalue weighted by atomic mass is 10.2. The average Bonchev–Trinajstić information content (AvgIpc) is 2.71. The number of benzene rings is 2. The molecule has 0 fully saturated rings. The van der Waals surface area contributed by atoms with Gasteiger partial charge in [-0.2, -0.15) is 0 Å². The summed E-state index contributed by atoms with van der Waals surface area (Å²) < 4.78 is 35.5. The van der Waals surface area contributed by atoms with E-state index in [1.54, 1.807) is 6.07 Å². The Morgan fingerprint density at radius 3 is 2.60 bits per heavy atom. The highest BCUT2D eigenvalue weighted by Gasteiger charge is 2.43. The second-order valence-corrected chi connectivity index (χ2v) is 5.13. The Hall–Kier alpha value is -1.82. The summed E-state index contributed by atoms with van der Waals surface area (Å²) >= 11 is 3.45. The van der Waals surface area contributed by atoms with E-state index in [0.29, 0.717) is 12.2 Å². The lowest BCUT2D eigenvalue weighted by Crippen LogP contribution is -2.25. The predicted molar refractivity (Wildman–Crippen MR) is 74.1 cm³/mol. The van der Waals surface area contributed by atoms with Gasteiger partial charge in [-0.05, 0) is 23.8 Å². The van der Waals surface area contributed by atoms with Crippen LogP contribution in [0.2, 0.25) is 0 Å². The molecule has 20 heavy (non-hydrogen) atoms. The molecule has 0 aliphatic carbocycles. The molecule has 0 saturated carbocycles. The van der Waals surface area contributed by atoms with Crippen molar-refractivity contribution in [2.45, 2.75) is 12.8 Å². The molecule has 0 aromatic heterocycles. The lowest BCUT2D eigenvalue weighted by molar-refractivity contribution is -0.286. The fourth-order valence-electron chi connectivity index (χ4n) is 1.90. The number of rotatable bonds is 3. The molecule has 0 radical (unpaired) electrons. The first kappa shape index (κ1) is 13.2. The van der Waals surface area contributed by atoms with Crippen LogP contribution in [0, 0.1) is 0 Å². The van der Waals surface area contributed by atoms with Crippen molar-refractivity contribution in [2.24, 2.45) is 0 Å². The van der Waals surface area contributed by atoms with Crippen molar-refractivity contribution in [3.8, 4) is 11.5 Å². The molecule has 2 aromatic rings. The summed E-state index contributed by atoms with van der Waals surface area (Å²) in [4.78, 5) is 0. The number of hydrogen-bond donors (Lipinski definition) is 1. The summed E-state index contributed by atoms with van der Waals surface area (Å²) in [5.41, 5.74) is 1.75. The largest absolute Gasteiger partial charge is 0.586 e. The second-order valence-electron chi connectivity index (χ2n) is 4.27. The highest BCUT2D eigenvalue weighted by Crippen LogP contribution is 2.42. The fourth-order valence-corrected chi connectivity index (χ4v) is 2.32. The van der Waals surface area contributed by atoms with Crippen LogP contribution in [0.4, 0.5) is 14.5 Å². The third-order valence-corrected chi connectivity index (χ3v) is 3.62. The molecule has 0 atom stereocenters. The maximum Gasteiger partial charge on any atom is 0.586 e. The SMILES string of the molecule is FC1(F)Oc2ccc(NCc3ccccc3Br)cc2O1.